The predicted molar refractivity (Wildman–Crippen MR) is 52.0 cm³/mol. The van der Waals surface area contributed by atoms with E-state index in [1.807, 2.05) is 0 Å². The first-order chi connectivity index (χ1) is 5.28. The first-order valence-corrected chi connectivity index (χ1v) is 5.01. The van der Waals surface area contributed by atoms with Gasteiger partial charge in [-0.2, -0.15) is 17.0 Å². The summed E-state index contributed by atoms with van der Waals surface area (Å²) in [5.41, 5.74) is 5.20. The Morgan fingerprint density at radius 3 is 2.08 bits per heavy atom. The maximum Gasteiger partial charge on any atom is 0.281 e. The van der Waals surface area contributed by atoms with Crippen molar-refractivity contribution in [3.8, 4) is 0 Å². The molecule has 0 aromatic rings. The van der Waals surface area contributed by atoms with Crippen LogP contribution in [-0.4, -0.2) is 49.7 Å². The van der Waals surface area contributed by atoms with Gasteiger partial charge in [-0.1, -0.05) is 12.2 Å². The largest absolute Gasteiger partial charge is 0.392 e. The normalized spacial score (nSPS) is 12.4. The lowest BCUT2D eigenvalue weighted by atomic mass is 10.7. The summed E-state index contributed by atoms with van der Waals surface area (Å²) in [7, 11) is 0.952. The van der Waals surface area contributed by atoms with E-state index in [1.54, 1.807) is 0 Å². The smallest absolute Gasteiger partial charge is 0.281 e. The summed E-state index contributed by atoms with van der Waals surface area (Å²) in [6.45, 7) is 0.0653. The van der Waals surface area contributed by atoms with Crippen molar-refractivity contribution in [3.05, 3.63) is 0 Å². The summed E-state index contributed by atoms with van der Waals surface area (Å²) in [6.07, 6.45) is 0. The van der Waals surface area contributed by atoms with Gasteiger partial charge in [0.1, 0.15) is 0 Å². The molecular formula is C5H13N3O2S2. The van der Waals surface area contributed by atoms with Crippen LogP contribution >= 0.6 is 12.2 Å². The average molecular weight is 211 g/mol. The van der Waals surface area contributed by atoms with Crippen molar-refractivity contribution in [2.24, 2.45) is 5.73 Å². The summed E-state index contributed by atoms with van der Waals surface area (Å²) in [5, 5.41) is 0. The Hall–Kier alpha value is -0.240. The standard InChI is InChI=1S/C5H13N3O2S2/c1-7(2)12(9,10)8(3)4-5(6)11/h4H2,1-3H3,(H2,6,11). The van der Waals surface area contributed by atoms with Gasteiger partial charge in [0.15, 0.2) is 0 Å². The molecular weight excluding hydrogens is 198 g/mol. The molecule has 5 nitrogen and oxygen atoms in total. The van der Waals surface area contributed by atoms with Gasteiger partial charge in [0.25, 0.3) is 10.2 Å². The molecule has 0 fully saturated rings. The van der Waals surface area contributed by atoms with Crippen molar-refractivity contribution in [1.29, 1.82) is 0 Å². The third-order valence-electron chi connectivity index (χ3n) is 1.23. The monoisotopic (exact) mass is 211 g/mol. The fourth-order valence-electron chi connectivity index (χ4n) is 0.580. The molecule has 0 amide bonds. The molecule has 0 spiro atoms. The zero-order valence-corrected chi connectivity index (χ0v) is 8.94. The zero-order valence-electron chi connectivity index (χ0n) is 7.31. The molecule has 0 rings (SSSR count). The number of nitrogens with two attached hydrogens (primary N) is 1. The van der Waals surface area contributed by atoms with Gasteiger partial charge in [-0.25, -0.2) is 0 Å². The molecule has 0 aliphatic carbocycles. The van der Waals surface area contributed by atoms with E-state index in [9.17, 15) is 8.42 Å². The van der Waals surface area contributed by atoms with Crippen LogP contribution in [0.2, 0.25) is 0 Å². The molecule has 0 saturated carbocycles. The molecule has 12 heavy (non-hydrogen) atoms. The van der Waals surface area contributed by atoms with Crippen molar-refractivity contribution in [1.82, 2.24) is 8.61 Å². The molecule has 0 aliphatic rings. The van der Waals surface area contributed by atoms with Crippen LogP contribution < -0.4 is 5.73 Å². The van der Waals surface area contributed by atoms with Crippen LogP contribution in [0.4, 0.5) is 0 Å². The van der Waals surface area contributed by atoms with Gasteiger partial charge in [0.2, 0.25) is 0 Å². The molecule has 0 bridgehead atoms. The summed E-state index contributed by atoms with van der Waals surface area (Å²) in [5.74, 6) is 0. The highest BCUT2D eigenvalue weighted by Gasteiger charge is 2.20. The third-order valence-corrected chi connectivity index (χ3v) is 3.20. The Labute approximate surface area is 78.3 Å². The van der Waals surface area contributed by atoms with Gasteiger partial charge in [-0.3, -0.25) is 0 Å². The number of hydrogen-bond donors (Lipinski definition) is 1. The minimum absolute atomic E-state index is 0.0653. The van der Waals surface area contributed by atoms with Gasteiger partial charge >= 0.3 is 0 Å². The summed E-state index contributed by atoms with van der Waals surface area (Å²) in [4.78, 5) is 0.155. The molecule has 0 atom stereocenters. The second-order valence-electron chi connectivity index (χ2n) is 2.51. The predicted octanol–water partition coefficient (Wildman–Crippen LogP) is -0.989. The third kappa shape index (κ3) is 3.02. The van der Waals surface area contributed by atoms with E-state index in [-0.39, 0.29) is 11.5 Å². The molecule has 0 aromatic heterocycles. The maximum absolute atomic E-state index is 11.3. The molecule has 0 aromatic carbocycles. The molecule has 72 valence electrons. The Morgan fingerprint density at radius 1 is 1.42 bits per heavy atom. The van der Waals surface area contributed by atoms with Gasteiger partial charge in [-0.05, 0) is 0 Å². The zero-order chi connectivity index (χ0) is 9.94. The number of hydrogen-bond acceptors (Lipinski definition) is 3. The van der Waals surface area contributed by atoms with Crippen LogP contribution in [0, 0.1) is 0 Å². The van der Waals surface area contributed by atoms with Gasteiger partial charge in [-0.15, -0.1) is 0 Å². The Balaban J connectivity index is 4.48. The van der Waals surface area contributed by atoms with Gasteiger partial charge in [0.05, 0.1) is 11.5 Å². The first-order valence-electron chi connectivity index (χ1n) is 3.20. The Bertz CT molecular complexity index is 260. The van der Waals surface area contributed by atoms with E-state index in [2.05, 4.69) is 12.2 Å². The van der Waals surface area contributed by atoms with Crippen LogP contribution in [-0.2, 0) is 10.2 Å². The Morgan fingerprint density at radius 2 is 1.83 bits per heavy atom. The summed E-state index contributed by atoms with van der Waals surface area (Å²) in [6, 6.07) is 0. The van der Waals surface area contributed by atoms with Crippen molar-refractivity contribution >= 4 is 27.4 Å². The Kier molecular flexibility index (Phi) is 4.04. The van der Waals surface area contributed by atoms with Gasteiger partial charge < -0.3 is 5.73 Å². The molecule has 0 unspecified atom stereocenters. The minimum Gasteiger partial charge on any atom is -0.392 e. The van der Waals surface area contributed by atoms with Crippen molar-refractivity contribution in [3.63, 3.8) is 0 Å². The topological polar surface area (TPSA) is 66.6 Å². The lowest BCUT2D eigenvalue weighted by molar-refractivity contribution is 0.442. The average Bonchev–Trinajstić information content (AvgIpc) is 1.85. The van der Waals surface area contributed by atoms with E-state index in [1.165, 1.54) is 21.1 Å². The molecule has 0 aliphatic heterocycles. The lowest BCUT2D eigenvalue weighted by Gasteiger charge is -2.20. The number of rotatable bonds is 4. The second kappa shape index (κ2) is 4.13. The molecule has 0 heterocycles. The van der Waals surface area contributed by atoms with E-state index < -0.39 is 10.2 Å². The molecule has 0 radical (unpaired) electrons. The molecule has 2 N–H and O–H groups in total. The van der Waals surface area contributed by atoms with Crippen molar-refractivity contribution in [2.75, 3.05) is 27.7 Å². The van der Waals surface area contributed by atoms with Crippen LogP contribution in [0.3, 0.4) is 0 Å². The molecule has 0 saturated heterocycles. The van der Waals surface area contributed by atoms with Crippen LogP contribution in [0.1, 0.15) is 0 Å². The maximum atomic E-state index is 11.3. The second-order valence-corrected chi connectivity index (χ2v) is 5.29. The van der Waals surface area contributed by atoms with E-state index in [0.717, 1.165) is 8.61 Å². The summed E-state index contributed by atoms with van der Waals surface area (Å²) < 4.78 is 24.8. The van der Waals surface area contributed by atoms with E-state index >= 15 is 0 Å². The van der Waals surface area contributed by atoms with Crippen LogP contribution in [0.5, 0.6) is 0 Å². The minimum atomic E-state index is -3.37. The highest BCUT2D eigenvalue weighted by Crippen LogP contribution is 1.99. The van der Waals surface area contributed by atoms with Gasteiger partial charge in [0, 0.05) is 21.1 Å². The highest BCUT2D eigenvalue weighted by atomic mass is 32.2. The quantitative estimate of drug-likeness (QED) is 0.606. The fraction of sp³-hybridized carbons (Fsp3) is 0.800. The van der Waals surface area contributed by atoms with Crippen molar-refractivity contribution < 1.29 is 8.42 Å². The van der Waals surface area contributed by atoms with Crippen LogP contribution in [0.25, 0.3) is 0 Å². The van der Waals surface area contributed by atoms with Crippen molar-refractivity contribution in [2.45, 2.75) is 0 Å². The molecule has 7 heteroatoms. The SMILES string of the molecule is CN(C)S(=O)(=O)N(C)CC(N)=S. The summed E-state index contributed by atoms with van der Waals surface area (Å²) >= 11 is 4.58. The van der Waals surface area contributed by atoms with E-state index in [0.29, 0.717) is 0 Å². The highest BCUT2D eigenvalue weighted by molar-refractivity contribution is 7.86. The number of likely N-dealkylation sites (N-methyl/N-ethyl adjacent to an activating group) is 1. The first kappa shape index (κ1) is 11.8. The van der Waals surface area contributed by atoms with E-state index in [4.69, 9.17) is 5.73 Å². The number of thiocarbonyl (C=S) groups is 1. The lowest BCUT2D eigenvalue weighted by Crippen LogP contribution is -2.41. The van der Waals surface area contributed by atoms with Crippen LogP contribution in [0.15, 0.2) is 0 Å². The number of nitrogens with zero attached hydrogens (tertiary/aromatic N) is 2. The fourth-order valence-corrected chi connectivity index (χ4v) is 1.71.